The van der Waals surface area contributed by atoms with Gasteiger partial charge in [0.25, 0.3) is 0 Å². The number of halogens is 1. The zero-order chi connectivity index (χ0) is 12.8. The second-order valence-corrected chi connectivity index (χ2v) is 6.44. The van der Waals surface area contributed by atoms with E-state index in [-0.39, 0.29) is 0 Å². The first-order chi connectivity index (χ1) is 8.75. The molecule has 0 aliphatic rings. The van der Waals surface area contributed by atoms with Crippen molar-refractivity contribution in [2.75, 3.05) is 17.2 Å². The number of rotatable bonds is 5. The number of anilines is 1. The Balaban J connectivity index is 1.77. The lowest BCUT2D eigenvalue weighted by Gasteiger charge is -2.04. The van der Waals surface area contributed by atoms with Crippen molar-refractivity contribution in [3.63, 3.8) is 0 Å². The summed E-state index contributed by atoms with van der Waals surface area (Å²) in [5, 5.41) is 0.635. The van der Waals surface area contributed by atoms with Crippen LogP contribution in [0.15, 0.2) is 58.3 Å². The van der Waals surface area contributed by atoms with E-state index < -0.39 is 0 Å². The van der Waals surface area contributed by atoms with Gasteiger partial charge in [-0.3, -0.25) is 0 Å². The highest BCUT2D eigenvalue weighted by Crippen LogP contribution is 2.27. The highest BCUT2D eigenvalue weighted by molar-refractivity contribution is 8.03. The van der Waals surface area contributed by atoms with Crippen LogP contribution >= 0.6 is 35.1 Å². The lowest BCUT2D eigenvalue weighted by molar-refractivity contribution is 1.41. The summed E-state index contributed by atoms with van der Waals surface area (Å²) in [7, 11) is 0. The number of thioether (sulfide) groups is 2. The maximum absolute atomic E-state index is 5.98. The Kier molecular flexibility index (Phi) is 5.29. The van der Waals surface area contributed by atoms with Gasteiger partial charge in [0, 0.05) is 21.3 Å². The minimum Gasteiger partial charge on any atom is -0.398 e. The first-order valence-corrected chi connectivity index (χ1v) is 7.96. The number of hydrogen-bond acceptors (Lipinski definition) is 3. The van der Waals surface area contributed by atoms with Gasteiger partial charge >= 0.3 is 0 Å². The maximum Gasteiger partial charge on any atom is 0.0646 e. The summed E-state index contributed by atoms with van der Waals surface area (Å²) in [5.41, 5.74) is 6.31. The van der Waals surface area contributed by atoms with Gasteiger partial charge < -0.3 is 5.73 Å². The van der Waals surface area contributed by atoms with Crippen molar-refractivity contribution in [1.29, 1.82) is 0 Å². The van der Waals surface area contributed by atoms with Crippen LogP contribution in [-0.2, 0) is 0 Å². The summed E-state index contributed by atoms with van der Waals surface area (Å²) in [6, 6.07) is 16.2. The van der Waals surface area contributed by atoms with E-state index in [2.05, 4.69) is 24.3 Å². The van der Waals surface area contributed by atoms with Crippen molar-refractivity contribution in [3.05, 3.63) is 53.6 Å². The summed E-state index contributed by atoms with van der Waals surface area (Å²) in [6.45, 7) is 0. The summed E-state index contributed by atoms with van der Waals surface area (Å²) in [5.74, 6) is 2.14. The molecule has 0 saturated carbocycles. The smallest absolute Gasteiger partial charge is 0.0646 e. The van der Waals surface area contributed by atoms with Gasteiger partial charge in [0.05, 0.1) is 10.7 Å². The van der Waals surface area contributed by atoms with Crippen LogP contribution in [0.3, 0.4) is 0 Å². The van der Waals surface area contributed by atoms with Crippen LogP contribution in [0.4, 0.5) is 5.69 Å². The Morgan fingerprint density at radius 1 is 0.889 bits per heavy atom. The van der Waals surface area contributed by atoms with Crippen molar-refractivity contribution in [2.45, 2.75) is 9.79 Å². The number of benzene rings is 2. The zero-order valence-electron chi connectivity index (χ0n) is 9.80. The van der Waals surface area contributed by atoms with Crippen LogP contribution in [0.2, 0.25) is 5.02 Å². The molecular formula is C14H14ClNS2. The van der Waals surface area contributed by atoms with Crippen molar-refractivity contribution in [3.8, 4) is 0 Å². The molecule has 0 bridgehead atoms. The fourth-order valence-corrected chi connectivity index (χ4v) is 3.53. The molecule has 0 atom stereocenters. The lowest BCUT2D eigenvalue weighted by atomic mass is 10.3. The minimum atomic E-state index is 0.635. The van der Waals surface area contributed by atoms with Gasteiger partial charge in [-0.1, -0.05) is 29.8 Å². The lowest BCUT2D eigenvalue weighted by Crippen LogP contribution is -1.87. The van der Waals surface area contributed by atoms with Crippen LogP contribution in [0.25, 0.3) is 0 Å². The van der Waals surface area contributed by atoms with E-state index in [0.717, 1.165) is 11.5 Å². The normalized spacial score (nSPS) is 10.5. The molecule has 0 unspecified atom stereocenters. The molecule has 0 fully saturated rings. The molecule has 0 aromatic heterocycles. The van der Waals surface area contributed by atoms with Gasteiger partial charge in [0.2, 0.25) is 0 Å². The SMILES string of the molecule is Nc1ccc(SCCSc2ccccc2)cc1Cl. The molecule has 2 N–H and O–H groups in total. The third-order valence-corrected chi connectivity index (χ3v) is 4.93. The van der Waals surface area contributed by atoms with Crippen molar-refractivity contribution in [2.24, 2.45) is 0 Å². The first-order valence-electron chi connectivity index (χ1n) is 5.61. The molecule has 2 rings (SSSR count). The summed E-state index contributed by atoms with van der Waals surface area (Å²) in [6.07, 6.45) is 0. The van der Waals surface area contributed by atoms with Gasteiger partial charge in [-0.25, -0.2) is 0 Å². The average Bonchev–Trinajstić information content (AvgIpc) is 2.40. The Hall–Kier alpha value is -0.770. The number of hydrogen-bond donors (Lipinski definition) is 1. The van der Waals surface area contributed by atoms with Gasteiger partial charge in [0.15, 0.2) is 0 Å². The fourth-order valence-electron chi connectivity index (χ4n) is 1.43. The van der Waals surface area contributed by atoms with Gasteiger partial charge in [-0.15, -0.1) is 23.5 Å². The monoisotopic (exact) mass is 295 g/mol. The second kappa shape index (κ2) is 6.98. The highest BCUT2D eigenvalue weighted by atomic mass is 35.5. The molecule has 18 heavy (non-hydrogen) atoms. The molecule has 2 aromatic carbocycles. The molecule has 0 spiro atoms. The summed E-state index contributed by atoms with van der Waals surface area (Å²) >= 11 is 9.65. The van der Waals surface area contributed by atoms with Crippen LogP contribution in [-0.4, -0.2) is 11.5 Å². The average molecular weight is 296 g/mol. The van der Waals surface area contributed by atoms with Gasteiger partial charge in [-0.2, -0.15) is 0 Å². The van der Waals surface area contributed by atoms with Crippen molar-refractivity contribution in [1.82, 2.24) is 0 Å². The molecule has 94 valence electrons. The van der Waals surface area contributed by atoms with Crippen molar-refractivity contribution >= 4 is 40.8 Å². The number of nitrogens with two attached hydrogens (primary N) is 1. The van der Waals surface area contributed by atoms with Crippen molar-refractivity contribution < 1.29 is 0 Å². The van der Waals surface area contributed by atoms with E-state index in [1.807, 2.05) is 36.0 Å². The molecule has 0 heterocycles. The Morgan fingerprint density at radius 3 is 2.22 bits per heavy atom. The topological polar surface area (TPSA) is 26.0 Å². The van der Waals surface area contributed by atoms with E-state index >= 15 is 0 Å². The van der Waals surface area contributed by atoms with Gasteiger partial charge in [-0.05, 0) is 30.3 Å². The third kappa shape index (κ3) is 4.16. The standard InChI is InChI=1S/C14H14ClNS2/c15-13-10-12(6-7-14(13)16)18-9-8-17-11-4-2-1-3-5-11/h1-7,10H,8-9,16H2. The molecule has 0 radical (unpaired) electrons. The predicted octanol–water partition coefficient (Wildman–Crippen LogP) is 4.81. The van der Waals surface area contributed by atoms with Gasteiger partial charge in [0.1, 0.15) is 0 Å². The maximum atomic E-state index is 5.98. The Morgan fingerprint density at radius 2 is 1.56 bits per heavy atom. The predicted molar refractivity (Wildman–Crippen MR) is 83.8 cm³/mol. The third-order valence-electron chi connectivity index (χ3n) is 2.34. The van der Waals surface area contributed by atoms with E-state index in [1.165, 1.54) is 9.79 Å². The van der Waals surface area contributed by atoms with Crippen LogP contribution in [0.5, 0.6) is 0 Å². The molecular weight excluding hydrogens is 282 g/mol. The minimum absolute atomic E-state index is 0.635. The summed E-state index contributed by atoms with van der Waals surface area (Å²) in [4.78, 5) is 2.48. The molecule has 2 aromatic rings. The largest absolute Gasteiger partial charge is 0.398 e. The Bertz CT molecular complexity index is 502. The van der Waals surface area contributed by atoms with E-state index in [4.69, 9.17) is 17.3 Å². The zero-order valence-corrected chi connectivity index (χ0v) is 12.2. The molecule has 1 nitrogen and oxygen atoms in total. The molecule has 0 saturated heterocycles. The van der Waals surface area contributed by atoms with E-state index in [1.54, 1.807) is 11.8 Å². The molecule has 0 aliphatic heterocycles. The molecule has 0 amide bonds. The Labute approximate surface area is 121 Å². The fraction of sp³-hybridized carbons (Fsp3) is 0.143. The molecule has 4 heteroatoms. The van der Waals surface area contributed by atoms with Crippen LogP contribution in [0.1, 0.15) is 0 Å². The summed E-state index contributed by atoms with van der Waals surface area (Å²) < 4.78 is 0. The van der Waals surface area contributed by atoms with Crippen LogP contribution in [0, 0.1) is 0 Å². The second-order valence-electron chi connectivity index (χ2n) is 3.69. The van der Waals surface area contributed by atoms with Crippen LogP contribution < -0.4 is 5.73 Å². The van der Waals surface area contributed by atoms with E-state index in [9.17, 15) is 0 Å². The quantitative estimate of drug-likeness (QED) is 0.487. The number of nitrogen functional groups attached to an aromatic ring is 1. The van der Waals surface area contributed by atoms with E-state index in [0.29, 0.717) is 10.7 Å². The molecule has 0 aliphatic carbocycles. The highest BCUT2D eigenvalue weighted by Gasteiger charge is 1.99. The first kappa shape index (κ1) is 13.7.